The summed E-state index contributed by atoms with van der Waals surface area (Å²) in [5.74, 6) is 0.0698. The fourth-order valence-corrected chi connectivity index (χ4v) is 6.11. The number of nitrogens with zero attached hydrogens (tertiary/aromatic N) is 2. The predicted octanol–water partition coefficient (Wildman–Crippen LogP) is 4.32. The van der Waals surface area contributed by atoms with E-state index in [9.17, 15) is 17.8 Å². The van der Waals surface area contributed by atoms with Gasteiger partial charge in [-0.15, -0.1) is 0 Å². The zero-order valence-corrected chi connectivity index (χ0v) is 22.1. The minimum atomic E-state index is -1.37. The molecule has 10 heteroatoms. The first-order valence-electron chi connectivity index (χ1n) is 13.1. The Morgan fingerprint density at radius 3 is 2.61 bits per heavy atom. The number of halogens is 2. The SMILES string of the molecule is CN(C)S(=O)NC1CCN(C(=O)OCC2(F)CCC2)C[C@H]1COC1CCC(c2cccc(F)c2)CC1. The van der Waals surface area contributed by atoms with E-state index in [2.05, 4.69) is 4.72 Å². The van der Waals surface area contributed by atoms with E-state index in [0.717, 1.165) is 37.7 Å². The molecule has 2 aliphatic carbocycles. The van der Waals surface area contributed by atoms with Gasteiger partial charge in [-0.05, 0) is 75.0 Å². The van der Waals surface area contributed by atoms with Crippen molar-refractivity contribution >= 4 is 17.3 Å². The van der Waals surface area contributed by atoms with Gasteiger partial charge in [0, 0.05) is 39.1 Å². The van der Waals surface area contributed by atoms with Crippen LogP contribution < -0.4 is 4.72 Å². The number of hydrogen-bond donors (Lipinski definition) is 1. The van der Waals surface area contributed by atoms with E-state index in [1.165, 1.54) is 6.07 Å². The van der Waals surface area contributed by atoms with Crippen LogP contribution in [-0.4, -0.2) is 77.7 Å². The number of piperidine rings is 1. The molecule has 2 saturated carbocycles. The van der Waals surface area contributed by atoms with Gasteiger partial charge in [0.05, 0.1) is 12.7 Å². The Morgan fingerprint density at radius 1 is 1.22 bits per heavy atom. The van der Waals surface area contributed by atoms with Gasteiger partial charge in [0.15, 0.2) is 11.2 Å². The molecule has 3 aliphatic rings. The Bertz CT molecular complexity index is 909. The van der Waals surface area contributed by atoms with Gasteiger partial charge >= 0.3 is 6.09 Å². The summed E-state index contributed by atoms with van der Waals surface area (Å²) in [5.41, 5.74) is -0.326. The monoisotopic (exact) mass is 527 g/mol. The number of amides is 1. The minimum absolute atomic E-state index is 0.0702. The molecule has 3 fully saturated rings. The van der Waals surface area contributed by atoms with E-state index >= 15 is 0 Å². The molecule has 3 atom stereocenters. The van der Waals surface area contributed by atoms with Gasteiger partial charge in [0.25, 0.3) is 0 Å². The van der Waals surface area contributed by atoms with E-state index in [-0.39, 0.29) is 30.5 Å². The molecular formula is C26H39F2N3O4S. The summed E-state index contributed by atoms with van der Waals surface area (Å²) in [7, 11) is 3.48. The van der Waals surface area contributed by atoms with Crippen LogP contribution in [0.5, 0.6) is 0 Å². The van der Waals surface area contributed by atoms with Crippen molar-refractivity contribution in [3.05, 3.63) is 35.6 Å². The molecular weight excluding hydrogens is 488 g/mol. The van der Waals surface area contributed by atoms with Crippen LogP contribution in [0.15, 0.2) is 24.3 Å². The number of alkyl halides is 1. The highest BCUT2D eigenvalue weighted by Crippen LogP contribution is 2.36. The third-order valence-electron chi connectivity index (χ3n) is 7.82. The third-order valence-corrected chi connectivity index (χ3v) is 8.99. The van der Waals surface area contributed by atoms with Crippen molar-refractivity contribution in [2.24, 2.45) is 5.92 Å². The number of ether oxygens (including phenoxy) is 2. The van der Waals surface area contributed by atoms with Gasteiger partial charge < -0.3 is 14.4 Å². The average molecular weight is 528 g/mol. The van der Waals surface area contributed by atoms with Crippen LogP contribution in [0.3, 0.4) is 0 Å². The second kappa shape index (κ2) is 12.3. The number of hydrogen-bond acceptors (Lipinski definition) is 4. The van der Waals surface area contributed by atoms with Crippen molar-refractivity contribution in [1.82, 2.24) is 13.9 Å². The first kappa shape index (κ1) is 27.4. The summed E-state index contributed by atoms with van der Waals surface area (Å²) in [6, 6.07) is 6.76. The lowest BCUT2D eigenvalue weighted by molar-refractivity contribution is -0.0322. The van der Waals surface area contributed by atoms with Crippen LogP contribution in [0, 0.1) is 11.7 Å². The molecule has 4 rings (SSSR count). The van der Waals surface area contributed by atoms with Gasteiger partial charge in [-0.25, -0.2) is 26.8 Å². The summed E-state index contributed by atoms with van der Waals surface area (Å²) in [6.07, 6.45) is 5.59. The standard InChI is InChI=1S/C26H39F2N3O4S/c1-30(2)36(33)29-24-11-14-31(25(32)35-18-26(28)12-4-13-26)16-21(24)17-34-23-9-7-19(8-10-23)20-5-3-6-22(27)15-20/h3,5-6,15,19,21,23-24,29H,4,7-14,16-18H2,1-2H3/t19?,21-,23?,24?,36?/m0/s1. The topological polar surface area (TPSA) is 71.1 Å². The summed E-state index contributed by atoms with van der Waals surface area (Å²) in [4.78, 5) is 14.3. The highest BCUT2D eigenvalue weighted by Gasteiger charge is 2.40. The summed E-state index contributed by atoms with van der Waals surface area (Å²) in [5, 5.41) is 0. The second-order valence-electron chi connectivity index (χ2n) is 10.7. The molecule has 7 nitrogen and oxygen atoms in total. The molecule has 1 amide bonds. The normalized spacial score (nSPS) is 29.0. The number of likely N-dealkylation sites (tertiary alicyclic amines) is 1. The molecule has 0 spiro atoms. The molecule has 0 aromatic heterocycles. The third kappa shape index (κ3) is 7.24. The first-order chi connectivity index (χ1) is 17.2. The summed E-state index contributed by atoms with van der Waals surface area (Å²) >= 11 is -1.34. The van der Waals surface area contributed by atoms with E-state index in [0.29, 0.717) is 44.9 Å². The summed E-state index contributed by atoms with van der Waals surface area (Å²) < 4.78 is 56.7. The average Bonchev–Trinajstić information content (AvgIpc) is 2.85. The van der Waals surface area contributed by atoms with Crippen LogP contribution >= 0.6 is 0 Å². The molecule has 0 bridgehead atoms. The Hall–Kier alpha value is -1.62. The van der Waals surface area contributed by atoms with E-state index in [4.69, 9.17) is 9.47 Å². The Labute approximate surface area is 215 Å². The smallest absolute Gasteiger partial charge is 0.409 e. The molecule has 36 heavy (non-hydrogen) atoms. The molecule has 1 aromatic carbocycles. The maximum Gasteiger partial charge on any atom is 0.409 e. The van der Waals surface area contributed by atoms with Crippen molar-refractivity contribution in [2.75, 3.05) is 40.4 Å². The van der Waals surface area contributed by atoms with Crippen molar-refractivity contribution in [1.29, 1.82) is 0 Å². The van der Waals surface area contributed by atoms with Gasteiger partial charge in [0.1, 0.15) is 18.1 Å². The lowest BCUT2D eigenvalue weighted by atomic mass is 9.82. The predicted molar refractivity (Wildman–Crippen MR) is 135 cm³/mol. The molecule has 202 valence electrons. The molecule has 1 aliphatic heterocycles. The molecule has 1 saturated heterocycles. The lowest BCUT2D eigenvalue weighted by Gasteiger charge is -2.40. The number of carbonyl (C=O) groups is 1. The number of carbonyl (C=O) groups excluding carboxylic acids is 1. The molecule has 2 unspecified atom stereocenters. The van der Waals surface area contributed by atoms with Crippen LogP contribution in [-0.2, 0) is 20.6 Å². The van der Waals surface area contributed by atoms with E-state index in [1.54, 1.807) is 35.4 Å². The molecule has 1 N–H and O–H groups in total. The van der Waals surface area contributed by atoms with Crippen LogP contribution in [0.2, 0.25) is 0 Å². The van der Waals surface area contributed by atoms with E-state index in [1.807, 2.05) is 6.07 Å². The van der Waals surface area contributed by atoms with Crippen molar-refractivity contribution in [3.63, 3.8) is 0 Å². The fourth-order valence-electron chi connectivity index (χ4n) is 5.33. The number of nitrogens with one attached hydrogen (secondary N) is 1. The van der Waals surface area contributed by atoms with Crippen LogP contribution in [0.1, 0.15) is 62.8 Å². The van der Waals surface area contributed by atoms with Crippen molar-refractivity contribution < 1.29 is 27.3 Å². The number of rotatable bonds is 9. The van der Waals surface area contributed by atoms with E-state index < -0.39 is 22.9 Å². The second-order valence-corrected chi connectivity index (χ2v) is 12.2. The maximum absolute atomic E-state index is 14.3. The highest BCUT2D eigenvalue weighted by atomic mass is 32.2. The molecule has 1 aromatic rings. The number of benzene rings is 1. The zero-order chi connectivity index (χ0) is 25.7. The van der Waals surface area contributed by atoms with Gasteiger partial charge in [-0.2, -0.15) is 0 Å². The summed E-state index contributed by atoms with van der Waals surface area (Å²) in [6.45, 7) is 1.09. The Morgan fingerprint density at radius 2 is 1.97 bits per heavy atom. The Balaban J connectivity index is 1.30. The van der Waals surface area contributed by atoms with Gasteiger partial charge in [0.2, 0.25) is 0 Å². The minimum Gasteiger partial charge on any atom is -0.446 e. The van der Waals surface area contributed by atoms with Gasteiger partial charge in [-0.3, -0.25) is 0 Å². The highest BCUT2D eigenvalue weighted by molar-refractivity contribution is 7.80. The fraction of sp³-hybridized carbons (Fsp3) is 0.731. The van der Waals surface area contributed by atoms with Crippen LogP contribution in [0.4, 0.5) is 13.6 Å². The molecule has 1 heterocycles. The quantitative estimate of drug-likeness (QED) is 0.519. The first-order valence-corrected chi connectivity index (χ1v) is 14.2. The van der Waals surface area contributed by atoms with Crippen molar-refractivity contribution in [2.45, 2.75) is 75.1 Å². The lowest BCUT2D eigenvalue weighted by Crippen LogP contribution is -2.54. The largest absolute Gasteiger partial charge is 0.446 e. The van der Waals surface area contributed by atoms with Crippen LogP contribution in [0.25, 0.3) is 0 Å². The molecule has 0 radical (unpaired) electrons. The Kier molecular flexibility index (Phi) is 9.35. The van der Waals surface area contributed by atoms with Gasteiger partial charge in [-0.1, -0.05) is 12.1 Å². The van der Waals surface area contributed by atoms with Crippen molar-refractivity contribution in [3.8, 4) is 0 Å². The zero-order valence-electron chi connectivity index (χ0n) is 21.3. The maximum atomic E-state index is 14.3.